The molecule has 0 saturated carbocycles. The molecule has 108 valence electrons. The Morgan fingerprint density at radius 1 is 1.45 bits per heavy atom. The molecule has 1 rings (SSSR count). The maximum Gasteiger partial charge on any atom is 0.422 e. The fourth-order valence-corrected chi connectivity index (χ4v) is 1.34. The van der Waals surface area contributed by atoms with Crippen LogP contribution in [0.3, 0.4) is 0 Å². The lowest BCUT2D eigenvalue weighted by molar-refractivity contribution is -0.162. The molecular weight excluding hydrogens is 280 g/mol. The van der Waals surface area contributed by atoms with Crippen LogP contribution in [-0.2, 0) is 11.3 Å². The van der Waals surface area contributed by atoms with Crippen LogP contribution in [0.5, 0.6) is 0 Å². The highest BCUT2D eigenvalue weighted by molar-refractivity contribution is 5.67. The van der Waals surface area contributed by atoms with Crippen LogP contribution in [0.1, 0.15) is 11.1 Å². The molecule has 0 aliphatic carbocycles. The van der Waals surface area contributed by atoms with Gasteiger partial charge < -0.3 is 9.64 Å². The summed E-state index contributed by atoms with van der Waals surface area (Å²) in [7, 11) is 1.16. The average Bonchev–Trinajstić information content (AvgIpc) is 2.37. The maximum absolute atomic E-state index is 13.4. The Morgan fingerprint density at radius 2 is 2.10 bits per heavy atom. The molecule has 1 aromatic carbocycles. The SMILES string of the molecule is CN(Cc1cc(C#N)ccc1F)C(=O)OCC(F)(F)F. The molecule has 0 radical (unpaired) electrons. The van der Waals surface area contributed by atoms with Crippen LogP contribution in [0.15, 0.2) is 18.2 Å². The molecule has 0 saturated heterocycles. The smallest absolute Gasteiger partial charge is 0.422 e. The van der Waals surface area contributed by atoms with Crippen LogP contribution in [0, 0.1) is 17.1 Å². The molecule has 0 atom stereocenters. The summed E-state index contributed by atoms with van der Waals surface area (Å²) in [6, 6.07) is 5.30. The van der Waals surface area contributed by atoms with Crippen LogP contribution in [-0.4, -0.2) is 30.8 Å². The lowest BCUT2D eigenvalue weighted by Gasteiger charge is -2.18. The van der Waals surface area contributed by atoms with Gasteiger partial charge in [-0.2, -0.15) is 18.4 Å². The van der Waals surface area contributed by atoms with E-state index in [4.69, 9.17) is 5.26 Å². The first-order valence-corrected chi connectivity index (χ1v) is 5.36. The van der Waals surface area contributed by atoms with Crippen molar-refractivity contribution in [3.63, 3.8) is 0 Å². The Labute approximate surface area is 112 Å². The zero-order valence-electron chi connectivity index (χ0n) is 10.4. The van der Waals surface area contributed by atoms with Crippen LogP contribution >= 0.6 is 0 Å². The fourth-order valence-electron chi connectivity index (χ4n) is 1.34. The van der Waals surface area contributed by atoms with Gasteiger partial charge in [0, 0.05) is 12.6 Å². The second-order valence-corrected chi connectivity index (χ2v) is 3.94. The lowest BCUT2D eigenvalue weighted by Crippen LogP contribution is -2.31. The summed E-state index contributed by atoms with van der Waals surface area (Å²) in [6.45, 7) is -2.02. The monoisotopic (exact) mass is 290 g/mol. The number of hydrogen-bond acceptors (Lipinski definition) is 3. The molecule has 8 heteroatoms. The molecule has 0 aliphatic rings. The van der Waals surface area contributed by atoms with E-state index in [-0.39, 0.29) is 17.7 Å². The van der Waals surface area contributed by atoms with Gasteiger partial charge in [0.2, 0.25) is 0 Å². The molecule has 0 spiro atoms. The predicted molar refractivity (Wildman–Crippen MR) is 60.0 cm³/mol. The number of ether oxygens (including phenoxy) is 1. The number of rotatable bonds is 3. The molecule has 0 aromatic heterocycles. The molecule has 1 aromatic rings. The summed E-state index contributed by atoms with van der Waals surface area (Å²) < 4.78 is 53.1. The van der Waals surface area contributed by atoms with Crippen molar-refractivity contribution in [2.75, 3.05) is 13.7 Å². The van der Waals surface area contributed by atoms with Crippen molar-refractivity contribution in [1.29, 1.82) is 5.26 Å². The van der Waals surface area contributed by atoms with Crippen LogP contribution in [0.2, 0.25) is 0 Å². The van der Waals surface area contributed by atoms with Crippen LogP contribution in [0.4, 0.5) is 22.4 Å². The predicted octanol–water partition coefficient (Wildman–Crippen LogP) is 2.83. The quantitative estimate of drug-likeness (QED) is 0.804. The standard InChI is InChI=1S/C12H10F4N2O2/c1-18(11(19)20-7-12(14,15)16)6-9-4-8(5-17)2-3-10(9)13/h2-4H,6-7H2,1H3. The van der Waals surface area contributed by atoms with Crippen LogP contribution < -0.4 is 0 Å². The van der Waals surface area contributed by atoms with Crippen molar-refractivity contribution >= 4 is 6.09 Å². The minimum atomic E-state index is -4.62. The largest absolute Gasteiger partial charge is 0.440 e. The van der Waals surface area contributed by atoms with E-state index in [0.29, 0.717) is 0 Å². The topological polar surface area (TPSA) is 53.3 Å². The number of nitriles is 1. The number of alkyl halides is 3. The van der Waals surface area contributed by atoms with E-state index in [1.54, 1.807) is 6.07 Å². The molecule has 4 nitrogen and oxygen atoms in total. The molecule has 0 N–H and O–H groups in total. The highest BCUT2D eigenvalue weighted by atomic mass is 19.4. The Kier molecular flexibility index (Phi) is 4.91. The van der Waals surface area contributed by atoms with Crippen molar-refractivity contribution in [2.45, 2.75) is 12.7 Å². The first-order chi connectivity index (χ1) is 9.23. The van der Waals surface area contributed by atoms with Gasteiger partial charge in [0.15, 0.2) is 6.61 Å². The Bertz CT molecular complexity index is 537. The minimum absolute atomic E-state index is 0.00973. The van der Waals surface area contributed by atoms with Gasteiger partial charge in [-0.05, 0) is 18.2 Å². The number of benzene rings is 1. The summed E-state index contributed by atoms with van der Waals surface area (Å²) in [5.74, 6) is -0.667. The third-order valence-electron chi connectivity index (χ3n) is 2.25. The van der Waals surface area contributed by atoms with Gasteiger partial charge in [0.05, 0.1) is 18.2 Å². The number of carbonyl (C=O) groups excluding carboxylic acids is 1. The average molecular weight is 290 g/mol. The summed E-state index contributed by atoms with van der Waals surface area (Å²) in [6.07, 6.45) is -5.85. The zero-order valence-corrected chi connectivity index (χ0v) is 10.4. The Balaban J connectivity index is 2.68. The van der Waals surface area contributed by atoms with Crippen molar-refractivity contribution in [3.05, 3.63) is 35.1 Å². The normalized spacial score (nSPS) is 10.8. The summed E-state index contributed by atoms with van der Waals surface area (Å²) >= 11 is 0. The fraction of sp³-hybridized carbons (Fsp3) is 0.333. The zero-order chi connectivity index (χ0) is 15.3. The number of halogens is 4. The summed E-state index contributed by atoms with van der Waals surface area (Å²) in [4.78, 5) is 12.1. The molecule has 20 heavy (non-hydrogen) atoms. The van der Waals surface area contributed by atoms with Crippen molar-refractivity contribution in [1.82, 2.24) is 4.90 Å². The summed E-state index contributed by atoms with van der Waals surface area (Å²) in [5.41, 5.74) is 0.189. The third kappa shape index (κ3) is 4.76. The van der Waals surface area contributed by atoms with Crippen LogP contribution in [0.25, 0.3) is 0 Å². The molecule has 0 unspecified atom stereocenters. The van der Waals surface area contributed by atoms with Gasteiger partial charge in [0.25, 0.3) is 0 Å². The maximum atomic E-state index is 13.4. The van der Waals surface area contributed by atoms with Gasteiger partial charge in [-0.25, -0.2) is 9.18 Å². The van der Waals surface area contributed by atoms with E-state index in [1.807, 2.05) is 0 Å². The van der Waals surface area contributed by atoms with Crippen molar-refractivity contribution in [2.24, 2.45) is 0 Å². The lowest BCUT2D eigenvalue weighted by atomic mass is 10.1. The minimum Gasteiger partial charge on any atom is -0.440 e. The van der Waals surface area contributed by atoms with Gasteiger partial charge in [-0.15, -0.1) is 0 Å². The van der Waals surface area contributed by atoms with Crippen molar-refractivity contribution < 1.29 is 27.1 Å². The second kappa shape index (κ2) is 6.23. The molecule has 0 aliphatic heterocycles. The Morgan fingerprint density at radius 3 is 2.65 bits per heavy atom. The molecule has 0 heterocycles. The highest BCUT2D eigenvalue weighted by Gasteiger charge is 2.30. The number of nitrogens with zero attached hydrogens (tertiary/aromatic N) is 2. The third-order valence-corrected chi connectivity index (χ3v) is 2.25. The molecule has 0 fully saturated rings. The number of carbonyl (C=O) groups is 1. The second-order valence-electron chi connectivity index (χ2n) is 3.94. The summed E-state index contributed by atoms with van der Waals surface area (Å²) in [5, 5.41) is 8.67. The first-order valence-electron chi connectivity index (χ1n) is 5.36. The Hall–Kier alpha value is -2.30. The molecule has 0 bridgehead atoms. The molecular formula is C12H10F4N2O2. The van der Waals surface area contributed by atoms with E-state index in [9.17, 15) is 22.4 Å². The van der Waals surface area contributed by atoms with Gasteiger partial charge in [-0.1, -0.05) is 0 Å². The highest BCUT2D eigenvalue weighted by Crippen LogP contribution is 2.16. The first kappa shape index (κ1) is 15.8. The number of hydrogen-bond donors (Lipinski definition) is 0. The van der Waals surface area contributed by atoms with E-state index in [0.717, 1.165) is 18.0 Å². The molecule has 1 amide bonds. The van der Waals surface area contributed by atoms with Gasteiger partial charge in [0.1, 0.15) is 5.82 Å². The van der Waals surface area contributed by atoms with E-state index >= 15 is 0 Å². The van der Waals surface area contributed by atoms with E-state index in [1.165, 1.54) is 12.1 Å². The number of amides is 1. The van der Waals surface area contributed by atoms with Gasteiger partial charge in [-0.3, -0.25) is 0 Å². The van der Waals surface area contributed by atoms with Crippen molar-refractivity contribution in [3.8, 4) is 6.07 Å². The van der Waals surface area contributed by atoms with E-state index in [2.05, 4.69) is 4.74 Å². The van der Waals surface area contributed by atoms with Gasteiger partial charge >= 0.3 is 12.3 Å². The van der Waals surface area contributed by atoms with E-state index < -0.39 is 24.7 Å².